The summed E-state index contributed by atoms with van der Waals surface area (Å²) in [4.78, 5) is 0. The Bertz CT molecular complexity index is 664. The largest absolute Gasteiger partial charge is 0.496 e. The summed E-state index contributed by atoms with van der Waals surface area (Å²) in [5.41, 5.74) is 6.63. The van der Waals surface area contributed by atoms with Crippen molar-refractivity contribution in [2.75, 3.05) is 14.2 Å². The third kappa shape index (κ3) is 3.01. The first-order valence-electron chi connectivity index (χ1n) is 6.10. The number of hydrogen-bond donors (Lipinski definition) is 1. The highest BCUT2D eigenvalue weighted by molar-refractivity contribution is 9.10. The van der Waals surface area contributed by atoms with Crippen molar-refractivity contribution in [2.24, 2.45) is 5.73 Å². The van der Waals surface area contributed by atoms with Crippen LogP contribution in [0.4, 0.5) is 8.78 Å². The smallest absolute Gasteiger partial charge is 0.163 e. The van der Waals surface area contributed by atoms with E-state index in [0.29, 0.717) is 21.5 Å². The van der Waals surface area contributed by atoms with Crippen LogP contribution in [0, 0.1) is 11.6 Å². The van der Waals surface area contributed by atoms with Gasteiger partial charge in [0, 0.05) is 11.1 Å². The molecule has 0 spiro atoms. The Morgan fingerprint density at radius 3 is 2.33 bits per heavy atom. The minimum absolute atomic E-state index is 0.0534. The van der Waals surface area contributed by atoms with Crippen LogP contribution in [0.5, 0.6) is 11.5 Å². The maximum absolute atomic E-state index is 13.9. The lowest BCUT2D eigenvalue weighted by Gasteiger charge is -2.18. The van der Waals surface area contributed by atoms with Crippen molar-refractivity contribution in [1.29, 1.82) is 0 Å². The SMILES string of the molecule is COc1cc(C(N)c2cccc(F)c2F)c(OC)cc1Br. The van der Waals surface area contributed by atoms with Gasteiger partial charge in [-0.2, -0.15) is 0 Å². The molecule has 0 saturated heterocycles. The monoisotopic (exact) mass is 357 g/mol. The second-order valence-electron chi connectivity index (χ2n) is 4.35. The summed E-state index contributed by atoms with van der Waals surface area (Å²) in [6.45, 7) is 0. The number of rotatable bonds is 4. The highest BCUT2D eigenvalue weighted by Gasteiger charge is 2.21. The molecule has 0 bridgehead atoms. The average molecular weight is 358 g/mol. The highest BCUT2D eigenvalue weighted by Crippen LogP contribution is 2.37. The van der Waals surface area contributed by atoms with Gasteiger partial charge in [0.05, 0.1) is 24.7 Å². The molecule has 3 nitrogen and oxygen atoms in total. The molecule has 6 heteroatoms. The molecule has 21 heavy (non-hydrogen) atoms. The van der Waals surface area contributed by atoms with Gasteiger partial charge in [-0.1, -0.05) is 12.1 Å². The molecule has 112 valence electrons. The van der Waals surface area contributed by atoms with Crippen molar-refractivity contribution in [2.45, 2.75) is 6.04 Å². The Balaban J connectivity index is 2.56. The summed E-state index contributed by atoms with van der Waals surface area (Å²) in [7, 11) is 2.98. The van der Waals surface area contributed by atoms with Gasteiger partial charge in [-0.25, -0.2) is 8.78 Å². The third-order valence-corrected chi connectivity index (χ3v) is 3.78. The van der Waals surface area contributed by atoms with Crippen molar-refractivity contribution >= 4 is 15.9 Å². The van der Waals surface area contributed by atoms with Gasteiger partial charge in [0.25, 0.3) is 0 Å². The molecular weight excluding hydrogens is 344 g/mol. The molecular formula is C15H14BrF2NO2. The Morgan fingerprint density at radius 2 is 1.71 bits per heavy atom. The van der Waals surface area contributed by atoms with Crippen LogP contribution in [-0.4, -0.2) is 14.2 Å². The Morgan fingerprint density at radius 1 is 1.05 bits per heavy atom. The summed E-state index contributed by atoms with van der Waals surface area (Å²) >= 11 is 3.33. The van der Waals surface area contributed by atoms with E-state index in [0.717, 1.165) is 6.07 Å². The van der Waals surface area contributed by atoms with E-state index in [4.69, 9.17) is 15.2 Å². The lowest BCUT2D eigenvalue weighted by molar-refractivity contribution is 0.394. The molecule has 0 aliphatic heterocycles. The van der Waals surface area contributed by atoms with Crippen LogP contribution in [0.2, 0.25) is 0 Å². The molecule has 1 atom stereocenters. The summed E-state index contributed by atoms with van der Waals surface area (Å²) in [6, 6.07) is 6.33. The maximum atomic E-state index is 13.9. The molecule has 2 N–H and O–H groups in total. The molecule has 0 heterocycles. The minimum atomic E-state index is -0.964. The summed E-state index contributed by atoms with van der Waals surface area (Å²) in [6.07, 6.45) is 0. The van der Waals surface area contributed by atoms with Crippen LogP contribution in [0.1, 0.15) is 17.2 Å². The quantitative estimate of drug-likeness (QED) is 0.905. The lowest BCUT2D eigenvalue weighted by atomic mass is 9.97. The van der Waals surface area contributed by atoms with Gasteiger partial charge in [-0.05, 0) is 34.1 Å². The number of benzene rings is 2. The minimum Gasteiger partial charge on any atom is -0.496 e. The van der Waals surface area contributed by atoms with Gasteiger partial charge in [0.2, 0.25) is 0 Å². The fraction of sp³-hybridized carbons (Fsp3) is 0.200. The number of nitrogens with two attached hydrogens (primary N) is 1. The van der Waals surface area contributed by atoms with E-state index in [2.05, 4.69) is 15.9 Å². The highest BCUT2D eigenvalue weighted by atomic mass is 79.9. The topological polar surface area (TPSA) is 44.5 Å². The summed E-state index contributed by atoms with van der Waals surface area (Å²) < 4.78 is 38.4. The molecule has 0 radical (unpaired) electrons. The lowest BCUT2D eigenvalue weighted by Crippen LogP contribution is -2.15. The predicted molar refractivity (Wildman–Crippen MR) is 79.6 cm³/mol. The van der Waals surface area contributed by atoms with E-state index in [1.165, 1.54) is 26.4 Å². The Labute approximate surface area is 129 Å². The molecule has 0 fully saturated rings. The van der Waals surface area contributed by atoms with Crippen molar-refractivity contribution in [3.8, 4) is 11.5 Å². The van der Waals surface area contributed by atoms with Crippen molar-refractivity contribution in [3.05, 3.63) is 57.6 Å². The predicted octanol–water partition coefficient (Wildman–Crippen LogP) is 3.79. The molecule has 2 rings (SSSR count). The fourth-order valence-electron chi connectivity index (χ4n) is 2.06. The summed E-state index contributed by atoms with van der Waals surface area (Å²) in [5.74, 6) is -0.920. The van der Waals surface area contributed by atoms with Crippen LogP contribution in [0.3, 0.4) is 0 Å². The van der Waals surface area contributed by atoms with Gasteiger partial charge >= 0.3 is 0 Å². The van der Waals surface area contributed by atoms with Crippen LogP contribution in [-0.2, 0) is 0 Å². The standard InChI is InChI=1S/C15H14BrF2NO2/c1-20-12-7-10(16)13(21-2)6-9(12)15(19)8-4-3-5-11(17)14(8)18/h3-7,15H,19H2,1-2H3. The van der Waals surface area contributed by atoms with E-state index < -0.39 is 17.7 Å². The molecule has 0 aromatic heterocycles. The van der Waals surface area contributed by atoms with Crippen molar-refractivity contribution in [1.82, 2.24) is 0 Å². The second kappa shape index (κ2) is 6.41. The van der Waals surface area contributed by atoms with Crippen LogP contribution < -0.4 is 15.2 Å². The average Bonchev–Trinajstić information content (AvgIpc) is 2.49. The number of ether oxygens (including phenoxy) is 2. The summed E-state index contributed by atoms with van der Waals surface area (Å²) in [5, 5.41) is 0. The molecule has 0 aliphatic carbocycles. The Hall–Kier alpha value is -1.66. The normalized spacial score (nSPS) is 12.1. The van der Waals surface area contributed by atoms with E-state index >= 15 is 0 Å². The van der Waals surface area contributed by atoms with Crippen molar-refractivity contribution in [3.63, 3.8) is 0 Å². The zero-order chi connectivity index (χ0) is 15.6. The maximum Gasteiger partial charge on any atom is 0.163 e. The first-order valence-corrected chi connectivity index (χ1v) is 6.89. The van der Waals surface area contributed by atoms with E-state index in [1.807, 2.05) is 0 Å². The van der Waals surface area contributed by atoms with Crippen LogP contribution in [0.25, 0.3) is 0 Å². The first-order chi connectivity index (χ1) is 9.99. The molecule has 0 saturated carbocycles. The first kappa shape index (κ1) is 15.7. The van der Waals surface area contributed by atoms with E-state index in [9.17, 15) is 8.78 Å². The Kier molecular flexibility index (Phi) is 4.80. The van der Waals surface area contributed by atoms with Crippen molar-refractivity contribution < 1.29 is 18.3 Å². The second-order valence-corrected chi connectivity index (χ2v) is 5.20. The number of halogens is 3. The van der Waals surface area contributed by atoms with Gasteiger partial charge < -0.3 is 15.2 Å². The van der Waals surface area contributed by atoms with Crippen LogP contribution in [0.15, 0.2) is 34.8 Å². The number of methoxy groups -OCH3 is 2. The fourth-order valence-corrected chi connectivity index (χ4v) is 2.54. The number of hydrogen-bond acceptors (Lipinski definition) is 3. The molecule has 0 amide bonds. The van der Waals surface area contributed by atoms with Gasteiger partial charge in [-0.3, -0.25) is 0 Å². The molecule has 0 aliphatic rings. The molecule has 2 aromatic rings. The van der Waals surface area contributed by atoms with Gasteiger partial charge in [0.1, 0.15) is 11.5 Å². The molecule has 2 aromatic carbocycles. The van der Waals surface area contributed by atoms with Gasteiger partial charge in [0.15, 0.2) is 11.6 Å². The van der Waals surface area contributed by atoms with Crippen LogP contribution >= 0.6 is 15.9 Å². The van der Waals surface area contributed by atoms with Gasteiger partial charge in [-0.15, -0.1) is 0 Å². The van der Waals surface area contributed by atoms with E-state index in [-0.39, 0.29) is 5.56 Å². The zero-order valence-electron chi connectivity index (χ0n) is 11.5. The zero-order valence-corrected chi connectivity index (χ0v) is 13.1. The van der Waals surface area contributed by atoms with E-state index in [1.54, 1.807) is 12.1 Å². The third-order valence-electron chi connectivity index (χ3n) is 3.16. The molecule has 1 unspecified atom stereocenters.